The van der Waals surface area contributed by atoms with Gasteiger partial charge in [-0.25, -0.2) is 4.79 Å². The van der Waals surface area contributed by atoms with E-state index in [-0.39, 0.29) is 52.3 Å². The molecule has 0 radical (unpaired) electrons. The highest BCUT2D eigenvalue weighted by atomic mass is 16.8. The fourth-order valence-electron chi connectivity index (χ4n) is 12.4. The number of carbonyl (C=O) groups excluding carboxylic acids is 1. The van der Waals surface area contributed by atoms with E-state index in [1.807, 2.05) is 13.0 Å². The first kappa shape index (κ1) is 40.2. The molecule has 14 heteroatoms. The van der Waals surface area contributed by atoms with E-state index in [0.717, 1.165) is 37.7 Å². The van der Waals surface area contributed by atoms with Crippen molar-refractivity contribution in [2.75, 3.05) is 6.61 Å². The van der Waals surface area contributed by atoms with Gasteiger partial charge in [-0.3, -0.25) is 9.59 Å². The van der Waals surface area contributed by atoms with Gasteiger partial charge in [-0.1, -0.05) is 40.2 Å². The second-order valence-corrected chi connectivity index (χ2v) is 19.4. The summed E-state index contributed by atoms with van der Waals surface area (Å²) >= 11 is 0. The Kier molecular flexibility index (Phi) is 10.1. The van der Waals surface area contributed by atoms with Gasteiger partial charge in [-0.2, -0.15) is 0 Å². The van der Waals surface area contributed by atoms with Crippen LogP contribution in [0.3, 0.4) is 0 Å². The maximum atomic E-state index is 14.6. The average molecular weight is 765 g/mol. The number of rotatable bonds is 6. The van der Waals surface area contributed by atoms with Crippen molar-refractivity contribution in [2.24, 2.45) is 50.7 Å². The zero-order valence-electron chi connectivity index (χ0n) is 32.2. The second-order valence-electron chi connectivity index (χ2n) is 19.4. The van der Waals surface area contributed by atoms with E-state index < -0.39 is 84.2 Å². The predicted octanol–water partition coefficient (Wildman–Crippen LogP) is 2.40. The molecule has 7 aliphatic rings. The number of carboxylic acid groups (broad SMARTS) is 2. The summed E-state index contributed by atoms with van der Waals surface area (Å²) in [4.78, 5) is 39.1. The highest BCUT2D eigenvalue weighted by Gasteiger charge is 2.68. The monoisotopic (exact) mass is 764 g/mol. The summed E-state index contributed by atoms with van der Waals surface area (Å²) in [5.41, 5.74) is -0.911. The number of hydrogen-bond donors (Lipinski definition) is 7. The van der Waals surface area contributed by atoms with Gasteiger partial charge in [-0.15, -0.1) is 0 Å². The molecule has 6 fully saturated rings. The first-order valence-electron chi connectivity index (χ1n) is 19.8. The molecule has 18 atom stereocenters. The lowest BCUT2D eigenvalue weighted by Gasteiger charge is -2.68. The number of carboxylic acids is 2. The van der Waals surface area contributed by atoms with Crippen molar-refractivity contribution in [3.63, 3.8) is 0 Å². The Morgan fingerprint density at radius 1 is 0.796 bits per heavy atom. The van der Waals surface area contributed by atoms with Crippen LogP contribution in [-0.4, -0.2) is 121 Å². The molecule has 0 aromatic heterocycles. The first-order chi connectivity index (χ1) is 25.1. The topological polar surface area (TPSA) is 230 Å². The predicted molar refractivity (Wildman–Crippen MR) is 188 cm³/mol. The zero-order valence-corrected chi connectivity index (χ0v) is 32.2. The molecule has 0 aromatic rings. The van der Waals surface area contributed by atoms with Gasteiger partial charge in [0.05, 0.1) is 18.1 Å². The molecule has 0 bridgehead atoms. The molecule has 54 heavy (non-hydrogen) atoms. The number of allylic oxidation sites excluding steroid dienone is 2. The van der Waals surface area contributed by atoms with Gasteiger partial charge in [-0.05, 0) is 110 Å². The third kappa shape index (κ3) is 5.95. The van der Waals surface area contributed by atoms with E-state index in [9.17, 15) is 50.1 Å². The second kappa shape index (κ2) is 13.5. The van der Waals surface area contributed by atoms with Crippen LogP contribution in [0.1, 0.15) is 99.3 Å². The lowest BCUT2D eigenvalue weighted by Crippen LogP contribution is -2.66. The fourth-order valence-corrected chi connectivity index (χ4v) is 12.4. The van der Waals surface area contributed by atoms with Gasteiger partial charge in [0, 0.05) is 5.92 Å². The molecule has 7 N–H and O–H groups in total. The van der Waals surface area contributed by atoms with Gasteiger partial charge < -0.3 is 54.7 Å². The molecule has 304 valence electrons. The molecule has 0 aromatic carbocycles. The number of ether oxygens (including phenoxy) is 4. The molecule has 0 amide bonds. The normalized spacial score (nSPS) is 52.9. The zero-order chi connectivity index (χ0) is 39.5. The number of aliphatic hydroxyl groups is 5. The van der Waals surface area contributed by atoms with Crippen LogP contribution in [0.25, 0.3) is 0 Å². The lowest BCUT2D eigenvalue weighted by atomic mass is 9.36. The number of hydrogen-bond acceptors (Lipinski definition) is 12. The third-order valence-electron chi connectivity index (χ3n) is 16.3. The van der Waals surface area contributed by atoms with Crippen molar-refractivity contribution in [1.82, 2.24) is 0 Å². The number of ketones is 1. The fraction of sp³-hybridized carbons (Fsp3) is 0.875. The summed E-state index contributed by atoms with van der Waals surface area (Å²) in [5, 5.41) is 72.6. The number of carbonyl (C=O) groups is 3. The Morgan fingerprint density at radius 2 is 1.48 bits per heavy atom. The lowest BCUT2D eigenvalue weighted by molar-refractivity contribution is -0.364. The van der Waals surface area contributed by atoms with E-state index >= 15 is 0 Å². The Labute approximate surface area is 316 Å². The van der Waals surface area contributed by atoms with Crippen LogP contribution in [0.5, 0.6) is 0 Å². The number of aliphatic carboxylic acids is 2. The van der Waals surface area contributed by atoms with Gasteiger partial charge in [0.15, 0.2) is 24.5 Å². The first-order valence-corrected chi connectivity index (χ1v) is 19.8. The van der Waals surface area contributed by atoms with Crippen LogP contribution >= 0.6 is 0 Å². The standard InChI is InChI=1S/C40H60O14/c1-36(2)19-9-10-40(6)25(22(41)15-20-21-16-38(4,35(49)50)12-11-37(21,3)13-14-39(20,40)5)18(19)7-8-24(36)52-34-31(28(45)27(44)30(53-34)32(47)48)54-33-29(46)26(43)23(42)17-51-33/h15,18-19,21,23-31,33-34,42-46H,7-14,16-17H2,1-6H3,(H,47,48)(H,49,50)/t18?,19-,21+,23-,24+,25+,26+,27+,28+,29-,30+,31-,33+,34-,37-,38-,39-,40-/m1/s1. The molecule has 7 rings (SSSR count). The highest BCUT2D eigenvalue weighted by Crippen LogP contribution is 2.72. The Bertz CT molecular complexity index is 1550. The summed E-state index contributed by atoms with van der Waals surface area (Å²) in [7, 11) is 0. The minimum Gasteiger partial charge on any atom is -0.481 e. The van der Waals surface area contributed by atoms with E-state index in [4.69, 9.17) is 18.9 Å². The Balaban J connectivity index is 1.15. The molecule has 2 heterocycles. The molecular formula is C40H60O14. The van der Waals surface area contributed by atoms with Crippen molar-refractivity contribution in [3.8, 4) is 0 Å². The number of fused-ring (bicyclic) bond motifs is 7. The van der Waals surface area contributed by atoms with Crippen molar-refractivity contribution in [2.45, 2.75) is 161 Å². The summed E-state index contributed by atoms with van der Waals surface area (Å²) in [5.74, 6) is -2.34. The van der Waals surface area contributed by atoms with Gasteiger partial charge >= 0.3 is 11.9 Å². The Hall–Kier alpha value is -2.01. The highest BCUT2D eigenvalue weighted by molar-refractivity contribution is 5.95. The molecule has 2 saturated heterocycles. The summed E-state index contributed by atoms with van der Waals surface area (Å²) in [6.45, 7) is 12.5. The van der Waals surface area contributed by atoms with Crippen LogP contribution in [0.15, 0.2) is 11.6 Å². The molecule has 1 unspecified atom stereocenters. The summed E-state index contributed by atoms with van der Waals surface area (Å²) < 4.78 is 23.6. The number of aliphatic hydroxyl groups excluding tert-OH is 5. The van der Waals surface area contributed by atoms with Gasteiger partial charge in [0.2, 0.25) is 0 Å². The van der Waals surface area contributed by atoms with E-state index in [1.54, 1.807) is 0 Å². The van der Waals surface area contributed by atoms with Crippen LogP contribution in [0, 0.1) is 50.7 Å². The molecular weight excluding hydrogens is 704 g/mol. The van der Waals surface area contributed by atoms with Crippen molar-refractivity contribution in [1.29, 1.82) is 0 Å². The van der Waals surface area contributed by atoms with Crippen LogP contribution in [0.2, 0.25) is 0 Å². The maximum Gasteiger partial charge on any atom is 0.335 e. The van der Waals surface area contributed by atoms with Crippen molar-refractivity contribution in [3.05, 3.63) is 11.6 Å². The summed E-state index contributed by atoms with van der Waals surface area (Å²) in [6.07, 6.45) is -6.93. The smallest absolute Gasteiger partial charge is 0.335 e. The van der Waals surface area contributed by atoms with E-state index in [0.29, 0.717) is 25.7 Å². The summed E-state index contributed by atoms with van der Waals surface area (Å²) in [6, 6.07) is 0. The SMILES string of the molecule is CC1(C)[C@@H](O[C@@H]2O[C@H](C(=O)O)[C@@H](O)[C@H](O)[C@H]2O[C@@H]2OC[C@@H](O)[C@H](O)[C@H]2O)CCC2[C@H]1CC[C@]1(C)[C@@H]2C(=O)C=C2[C@@H]3C[C@](C)(C(=O)O)CC[C@]3(C)CC[C@]21C. The minimum atomic E-state index is -1.91. The van der Waals surface area contributed by atoms with Crippen molar-refractivity contribution < 1.29 is 69.1 Å². The molecule has 2 aliphatic heterocycles. The minimum absolute atomic E-state index is 0.0220. The largest absolute Gasteiger partial charge is 0.481 e. The van der Waals surface area contributed by atoms with Crippen LogP contribution in [0.4, 0.5) is 0 Å². The molecule has 5 aliphatic carbocycles. The maximum absolute atomic E-state index is 14.6. The molecule has 4 saturated carbocycles. The van der Waals surface area contributed by atoms with Gasteiger partial charge in [0.25, 0.3) is 0 Å². The van der Waals surface area contributed by atoms with Crippen molar-refractivity contribution >= 4 is 17.7 Å². The van der Waals surface area contributed by atoms with Gasteiger partial charge in [0.1, 0.15) is 36.6 Å². The average Bonchev–Trinajstić information content (AvgIpc) is 3.10. The Morgan fingerprint density at radius 3 is 2.15 bits per heavy atom. The van der Waals surface area contributed by atoms with Crippen LogP contribution < -0.4 is 0 Å². The molecule has 0 spiro atoms. The third-order valence-corrected chi connectivity index (χ3v) is 16.3. The quantitative estimate of drug-likeness (QED) is 0.193. The molecule has 14 nitrogen and oxygen atoms in total. The van der Waals surface area contributed by atoms with Crippen LogP contribution in [-0.2, 0) is 33.3 Å². The van der Waals surface area contributed by atoms with E-state index in [1.165, 1.54) is 0 Å². The van der Waals surface area contributed by atoms with E-state index in [2.05, 4.69) is 34.6 Å².